The number of nitrogens with one attached hydrogen (secondary N) is 2. The van der Waals surface area contributed by atoms with Gasteiger partial charge in [0.15, 0.2) is 5.82 Å². The Labute approximate surface area is 129 Å². The Balaban J connectivity index is 2.41. The van der Waals surface area contributed by atoms with E-state index in [1.807, 2.05) is 19.0 Å². The fraction of sp³-hybridized carbons (Fsp3) is 0.333. The Kier molecular flexibility index (Phi) is 4.77. The Morgan fingerprint density at radius 1 is 1.59 bits per heavy atom. The van der Waals surface area contributed by atoms with Crippen LogP contribution in [0.2, 0.25) is 0 Å². The first kappa shape index (κ1) is 16.0. The van der Waals surface area contributed by atoms with E-state index in [9.17, 15) is 4.39 Å². The summed E-state index contributed by atoms with van der Waals surface area (Å²) in [6, 6.07) is 0. The number of nitrogens with zero attached hydrogens (tertiary/aromatic N) is 4. The molecule has 0 radical (unpaired) electrons. The van der Waals surface area contributed by atoms with Crippen LogP contribution in [0, 0.1) is 5.82 Å². The van der Waals surface area contributed by atoms with Gasteiger partial charge in [0.05, 0.1) is 17.5 Å². The van der Waals surface area contributed by atoms with Crippen LogP contribution in [-0.4, -0.2) is 53.6 Å². The predicted octanol–water partition coefficient (Wildman–Crippen LogP) is 2.01. The van der Waals surface area contributed by atoms with Crippen molar-refractivity contribution in [1.82, 2.24) is 25.0 Å². The molecule has 6 nitrogen and oxygen atoms in total. The van der Waals surface area contributed by atoms with Crippen LogP contribution in [0.1, 0.15) is 5.56 Å². The lowest BCUT2D eigenvalue weighted by molar-refractivity contribution is 0.470. The molecule has 0 atom stereocenters. The highest BCUT2D eigenvalue weighted by Gasteiger charge is 2.22. The van der Waals surface area contributed by atoms with Crippen molar-refractivity contribution in [2.45, 2.75) is 0 Å². The lowest BCUT2D eigenvalue weighted by Crippen LogP contribution is -2.26. The molecule has 7 heteroatoms. The number of hydrogen-bond donors (Lipinski definition) is 2. The molecule has 0 saturated carbocycles. The molecule has 118 valence electrons. The molecule has 0 fully saturated rings. The number of hydrogen-bond acceptors (Lipinski definition) is 4. The molecule has 2 rings (SSSR count). The van der Waals surface area contributed by atoms with Gasteiger partial charge >= 0.3 is 0 Å². The first-order valence-electron chi connectivity index (χ1n) is 6.91. The summed E-state index contributed by atoms with van der Waals surface area (Å²) in [6.07, 6.45) is 3.33. The van der Waals surface area contributed by atoms with Crippen molar-refractivity contribution in [3.05, 3.63) is 30.4 Å². The third-order valence-corrected chi connectivity index (χ3v) is 3.52. The number of H-pyrrole nitrogens is 1. The van der Waals surface area contributed by atoms with Gasteiger partial charge in [-0.25, -0.2) is 9.38 Å². The maximum atomic E-state index is 14.8. The lowest BCUT2D eigenvalue weighted by Gasteiger charge is -2.21. The van der Waals surface area contributed by atoms with Crippen LogP contribution >= 0.6 is 0 Å². The van der Waals surface area contributed by atoms with E-state index in [0.717, 1.165) is 6.54 Å². The average molecular weight is 304 g/mol. The smallest absolute Gasteiger partial charge is 0.160 e. The summed E-state index contributed by atoms with van der Waals surface area (Å²) in [7, 11) is 5.51. The van der Waals surface area contributed by atoms with Crippen molar-refractivity contribution in [2.75, 3.05) is 27.2 Å². The molecule has 0 bridgehead atoms. The highest BCUT2D eigenvalue weighted by molar-refractivity contribution is 5.78. The SMILES string of the molecule is C=Nc1[nH]c(-c2cnn(C)c2)c(F)c1C(=C)N(C)CCNC. The number of halogens is 1. The van der Waals surface area contributed by atoms with Gasteiger partial charge in [0.25, 0.3) is 0 Å². The van der Waals surface area contributed by atoms with Crippen molar-refractivity contribution in [3.8, 4) is 11.3 Å². The molecule has 2 aromatic rings. The molecular weight excluding hydrogens is 283 g/mol. The van der Waals surface area contributed by atoms with Gasteiger partial charge in [-0.05, 0) is 13.8 Å². The Bertz CT molecular complexity index is 684. The van der Waals surface area contributed by atoms with Crippen molar-refractivity contribution >= 4 is 18.2 Å². The van der Waals surface area contributed by atoms with Crippen LogP contribution in [-0.2, 0) is 7.05 Å². The van der Waals surface area contributed by atoms with Gasteiger partial charge in [0, 0.05) is 44.6 Å². The fourth-order valence-electron chi connectivity index (χ4n) is 2.20. The number of aliphatic imine (C=N–C) groups is 1. The molecule has 0 aliphatic rings. The Hall–Kier alpha value is -2.41. The molecule has 2 aromatic heterocycles. The van der Waals surface area contributed by atoms with Crippen LogP contribution in [0.25, 0.3) is 17.0 Å². The summed E-state index contributed by atoms with van der Waals surface area (Å²) in [5.41, 5.74) is 1.89. The summed E-state index contributed by atoms with van der Waals surface area (Å²) in [6.45, 7) is 8.98. The van der Waals surface area contributed by atoms with Crippen LogP contribution in [0.15, 0.2) is 24.0 Å². The van der Waals surface area contributed by atoms with E-state index in [2.05, 4.69) is 33.7 Å². The van der Waals surface area contributed by atoms with Crippen LogP contribution < -0.4 is 5.32 Å². The van der Waals surface area contributed by atoms with Crippen molar-refractivity contribution in [3.63, 3.8) is 0 Å². The fourth-order valence-corrected chi connectivity index (χ4v) is 2.20. The maximum Gasteiger partial charge on any atom is 0.160 e. The van der Waals surface area contributed by atoms with E-state index in [1.54, 1.807) is 24.1 Å². The van der Waals surface area contributed by atoms with Crippen LogP contribution in [0.5, 0.6) is 0 Å². The van der Waals surface area contributed by atoms with E-state index < -0.39 is 5.82 Å². The molecule has 0 spiro atoms. The second-order valence-corrected chi connectivity index (χ2v) is 5.07. The molecular formula is C15H21FN6. The zero-order valence-electron chi connectivity index (χ0n) is 13.1. The molecule has 0 aromatic carbocycles. The number of aromatic nitrogens is 3. The molecule has 2 N–H and O–H groups in total. The van der Waals surface area contributed by atoms with Crippen molar-refractivity contribution in [1.29, 1.82) is 0 Å². The number of aromatic amines is 1. The molecule has 0 aliphatic heterocycles. The van der Waals surface area contributed by atoms with Gasteiger partial charge in [0.2, 0.25) is 0 Å². The minimum atomic E-state index is -0.392. The monoisotopic (exact) mass is 304 g/mol. The highest BCUT2D eigenvalue weighted by Crippen LogP contribution is 2.35. The van der Waals surface area contributed by atoms with Gasteiger partial charge in [0.1, 0.15) is 5.82 Å². The van der Waals surface area contributed by atoms with E-state index in [-0.39, 0.29) is 0 Å². The summed E-state index contributed by atoms with van der Waals surface area (Å²) in [5, 5.41) is 7.11. The standard InChI is InChI=1S/C15H21FN6/c1-10(21(4)7-6-17-2)12-13(16)14(20-15(12)18-3)11-8-19-22(5)9-11/h8-9,17,20H,1,3,6-7H2,2,4-5H3. The second kappa shape index (κ2) is 6.57. The summed E-state index contributed by atoms with van der Waals surface area (Å²) >= 11 is 0. The molecule has 0 aliphatic carbocycles. The van der Waals surface area contributed by atoms with Gasteiger partial charge in [-0.15, -0.1) is 0 Å². The summed E-state index contributed by atoms with van der Waals surface area (Å²) < 4.78 is 16.5. The zero-order valence-corrected chi connectivity index (χ0v) is 13.1. The highest BCUT2D eigenvalue weighted by atomic mass is 19.1. The normalized spacial score (nSPS) is 10.7. The van der Waals surface area contributed by atoms with E-state index in [4.69, 9.17) is 0 Å². The topological polar surface area (TPSA) is 61.2 Å². The predicted molar refractivity (Wildman–Crippen MR) is 87.8 cm³/mol. The average Bonchev–Trinajstić information content (AvgIpc) is 3.07. The second-order valence-electron chi connectivity index (χ2n) is 5.07. The number of likely N-dealkylation sites (N-methyl/N-ethyl adjacent to an activating group) is 2. The van der Waals surface area contributed by atoms with Gasteiger partial charge in [-0.2, -0.15) is 5.10 Å². The van der Waals surface area contributed by atoms with Crippen LogP contribution in [0.4, 0.5) is 10.2 Å². The molecule has 0 unspecified atom stereocenters. The zero-order chi connectivity index (χ0) is 16.3. The largest absolute Gasteiger partial charge is 0.373 e. The lowest BCUT2D eigenvalue weighted by atomic mass is 10.1. The van der Waals surface area contributed by atoms with Gasteiger partial charge in [-0.1, -0.05) is 6.58 Å². The van der Waals surface area contributed by atoms with E-state index in [0.29, 0.717) is 34.9 Å². The minimum absolute atomic E-state index is 0.340. The molecule has 22 heavy (non-hydrogen) atoms. The number of aryl methyl sites for hydroxylation is 1. The molecule has 0 amide bonds. The third kappa shape index (κ3) is 2.94. The minimum Gasteiger partial charge on any atom is -0.373 e. The Morgan fingerprint density at radius 2 is 2.32 bits per heavy atom. The van der Waals surface area contributed by atoms with Gasteiger partial charge in [-0.3, -0.25) is 4.68 Å². The molecule has 2 heterocycles. The van der Waals surface area contributed by atoms with Gasteiger partial charge < -0.3 is 15.2 Å². The Morgan fingerprint density at radius 3 is 2.86 bits per heavy atom. The maximum absolute atomic E-state index is 14.8. The van der Waals surface area contributed by atoms with E-state index >= 15 is 0 Å². The quantitative estimate of drug-likeness (QED) is 0.769. The van der Waals surface area contributed by atoms with Crippen molar-refractivity contribution in [2.24, 2.45) is 12.0 Å². The molecule has 0 saturated heterocycles. The summed E-state index contributed by atoms with van der Waals surface area (Å²) in [5.74, 6) is -0.0191. The number of rotatable bonds is 7. The summed E-state index contributed by atoms with van der Waals surface area (Å²) in [4.78, 5) is 8.73. The van der Waals surface area contributed by atoms with E-state index in [1.165, 1.54) is 0 Å². The van der Waals surface area contributed by atoms with Crippen LogP contribution in [0.3, 0.4) is 0 Å². The first-order chi connectivity index (χ1) is 10.5. The first-order valence-corrected chi connectivity index (χ1v) is 6.91. The van der Waals surface area contributed by atoms with Crippen molar-refractivity contribution < 1.29 is 4.39 Å². The third-order valence-electron chi connectivity index (χ3n) is 3.52.